The number of ether oxygens (including phenoxy) is 1. The van der Waals surface area contributed by atoms with Crippen LogP contribution in [0.4, 0.5) is 5.69 Å². The highest BCUT2D eigenvalue weighted by Crippen LogP contribution is 2.25. The highest BCUT2D eigenvalue weighted by atomic mass is 16.5. The molecule has 1 saturated heterocycles. The van der Waals surface area contributed by atoms with Crippen LogP contribution in [-0.4, -0.2) is 48.8 Å². The maximum absolute atomic E-state index is 12.2. The van der Waals surface area contributed by atoms with Gasteiger partial charge < -0.3 is 15.2 Å². The molecule has 2 unspecified atom stereocenters. The molecule has 0 aromatic heterocycles. The van der Waals surface area contributed by atoms with E-state index in [1.165, 1.54) is 0 Å². The highest BCUT2D eigenvalue weighted by Gasteiger charge is 2.25. The number of benzene rings is 1. The van der Waals surface area contributed by atoms with Crippen LogP contribution in [0.3, 0.4) is 0 Å². The van der Waals surface area contributed by atoms with Crippen molar-refractivity contribution in [3.8, 4) is 5.75 Å². The summed E-state index contributed by atoms with van der Waals surface area (Å²) in [6.07, 6.45) is 0.476. The molecule has 0 radical (unpaired) electrons. The molecule has 116 valence electrons. The molecular formula is C16H24N2O3. The molecule has 1 aromatic carbocycles. The minimum Gasteiger partial charge on any atom is -0.495 e. The van der Waals surface area contributed by atoms with Gasteiger partial charge in [-0.05, 0) is 37.0 Å². The molecule has 2 N–H and O–H groups in total. The standard InChI is InChI=1S/C16H24N2O3/c1-11-4-5-15(21-3)13(8-11)17-16(20)10-18-7-6-14(19)12(2)9-18/h4-5,8,12,14,19H,6-7,9-10H2,1-3H3,(H,17,20). The maximum Gasteiger partial charge on any atom is 0.238 e. The normalized spacial score (nSPS) is 22.9. The smallest absolute Gasteiger partial charge is 0.238 e. The van der Waals surface area contributed by atoms with Gasteiger partial charge in [0.15, 0.2) is 0 Å². The number of hydrogen-bond donors (Lipinski definition) is 2. The van der Waals surface area contributed by atoms with Gasteiger partial charge in [-0.15, -0.1) is 0 Å². The van der Waals surface area contributed by atoms with E-state index in [1.54, 1.807) is 7.11 Å². The van der Waals surface area contributed by atoms with Crippen LogP contribution in [0.25, 0.3) is 0 Å². The van der Waals surface area contributed by atoms with Crippen LogP contribution >= 0.6 is 0 Å². The molecule has 2 rings (SSSR count). The van der Waals surface area contributed by atoms with Crippen LogP contribution in [0.2, 0.25) is 0 Å². The first-order valence-corrected chi connectivity index (χ1v) is 7.34. The van der Waals surface area contributed by atoms with E-state index in [4.69, 9.17) is 4.74 Å². The lowest BCUT2D eigenvalue weighted by Crippen LogP contribution is -2.45. The number of amides is 1. The summed E-state index contributed by atoms with van der Waals surface area (Å²) in [5.41, 5.74) is 1.77. The zero-order chi connectivity index (χ0) is 15.4. The van der Waals surface area contributed by atoms with Crippen molar-refractivity contribution in [1.29, 1.82) is 0 Å². The minimum atomic E-state index is -0.249. The molecule has 1 aromatic rings. The highest BCUT2D eigenvalue weighted by molar-refractivity contribution is 5.93. The molecule has 1 heterocycles. The lowest BCUT2D eigenvalue weighted by atomic mass is 9.97. The van der Waals surface area contributed by atoms with Crippen LogP contribution in [-0.2, 0) is 4.79 Å². The Morgan fingerprint density at radius 3 is 2.95 bits per heavy atom. The summed E-state index contributed by atoms with van der Waals surface area (Å²) >= 11 is 0. The second-order valence-electron chi connectivity index (χ2n) is 5.82. The molecule has 21 heavy (non-hydrogen) atoms. The number of likely N-dealkylation sites (tertiary alicyclic amines) is 1. The van der Waals surface area contributed by atoms with Gasteiger partial charge in [0.1, 0.15) is 5.75 Å². The van der Waals surface area contributed by atoms with Gasteiger partial charge in [-0.2, -0.15) is 0 Å². The third-order valence-corrected chi connectivity index (χ3v) is 3.94. The molecule has 2 atom stereocenters. The minimum absolute atomic E-state index is 0.0533. The van der Waals surface area contributed by atoms with Crippen LogP contribution in [0.1, 0.15) is 18.9 Å². The number of aryl methyl sites for hydroxylation is 1. The zero-order valence-electron chi connectivity index (χ0n) is 12.9. The maximum atomic E-state index is 12.2. The second-order valence-corrected chi connectivity index (χ2v) is 5.82. The molecule has 1 fully saturated rings. The number of aliphatic hydroxyl groups excluding tert-OH is 1. The Bertz CT molecular complexity index is 504. The number of nitrogens with one attached hydrogen (secondary N) is 1. The van der Waals surface area contributed by atoms with Crippen LogP contribution in [0.5, 0.6) is 5.75 Å². The molecule has 0 spiro atoms. The molecule has 1 amide bonds. The number of nitrogens with zero attached hydrogens (tertiary/aromatic N) is 1. The summed E-state index contributed by atoms with van der Waals surface area (Å²) in [6.45, 7) is 5.83. The molecular weight excluding hydrogens is 268 g/mol. The molecule has 0 aliphatic carbocycles. The van der Waals surface area contributed by atoms with Crippen LogP contribution in [0.15, 0.2) is 18.2 Å². The number of aliphatic hydroxyl groups is 1. The Balaban J connectivity index is 1.94. The predicted octanol–water partition coefficient (Wildman–Crippen LogP) is 1.64. The van der Waals surface area contributed by atoms with E-state index in [-0.39, 0.29) is 17.9 Å². The summed E-state index contributed by atoms with van der Waals surface area (Å²) in [7, 11) is 1.59. The van der Waals surface area contributed by atoms with Crippen molar-refractivity contribution in [2.45, 2.75) is 26.4 Å². The number of anilines is 1. The lowest BCUT2D eigenvalue weighted by Gasteiger charge is -2.33. The monoisotopic (exact) mass is 292 g/mol. The number of hydrogen-bond acceptors (Lipinski definition) is 4. The quantitative estimate of drug-likeness (QED) is 0.886. The first-order valence-electron chi connectivity index (χ1n) is 7.34. The summed E-state index contributed by atoms with van der Waals surface area (Å²) in [5.74, 6) is 0.818. The molecule has 1 aliphatic heterocycles. The number of rotatable bonds is 4. The van der Waals surface area contributed by atoms with Gasteiger partial charge in [-0.1, -0.05) is 13.0 Å². The number of piperidine rings is 1. The largest absolute Gasteiger partial charge is 0.495 e. The fourth-order valence-corrected chi connectivity index (χ4v) is 2.68. The van der Waals surface area contributed by atoms with Crippen molar-refractivity contribution < 1.29 is 14.6 Å². The van der Waals surface area contributed by atoms with Gasteiger partial charge in [0, 0.05) is 13.1 Å². The Morgan fingerprint density at radius 2 is 2.29 bits per heavy atom. The van der Waals surface area contributed by atoms with E-state index in [0.717, 1.165) is 25.1 Å². The summed E-state index contributed by atoms with van der Waals surface area (Å²) in [4.78, 5) is 14.3. The van der Waals surface area contributed by atoms with Gasteiger partial charge in [0.05, 0.1) is 25.4 Å². The van der Waals surface area contributed by atoms with E-state index in [2.05, 4.69) is 10.2 Å². The lowest BCUT2D eigenvalue weighted by molar-refractivity contribution is -0.118. The Kier molecular flexibility index (Phi) is 5.20. The van der Waals surface area contributed by atoms with E-state index in [1.807, 2.05) is 32.0 Å². The fourth-order valence-electron chi connectivity index (χ4n) is 2.68. The van der Waals surface area contributed by atoms with Gasteiger partial charge in [-0.25, -0.2) is 0 Å². The fraction of sp³-hybridized carbons (Fsp3) is 0.562. The average Bonchev–Trinajstić information content (AvgIpc) is 2.43. The molecule has 1 aliphatic rings. The first kappa shape index (κ1) is 15.8. The SMILES string of the molecule is COc1ccc(C)cc1NC(=O)CN1CCC(O)C(C)C1. The summed E-state index contributed by atoms with van der Waals surface area (Å²) < 4.78 is 5.26. The van der Waals surface area contributed by atoms with E-state index >= 15 is 0 Å². The van der Waals surface area contributed by atoms with E-state index < -0.39 is 0 Å². The van der Waals surface area contributed by atoms with Gasteiger partial charge in [0.25, 0.3) is 0 Å². The summed E-state index contributed by atoms with van der Waals surface area (Å²) in [5, 5.41) is 12.6. The number of methoxy groups -OCH3 is 1. The van der Waals surface area contributed by atoms with Crippen molar-refractivity contribution in [2.75, 3.05) is 32.1 Å². The van der Waals surface area contributed by atoms with Crippen molar-refractivity contribution in [3.05, 3.63) is 23.8 Å². The third kappa shape index (κ3) is 4.19. The van der Waals surface area contributed by atoms with Crippen LogP contribution < -0.4 is 10.1 Å². The van der Waals surface area contributed by atoms with Gasteiger partial charge >= 0.3 is 0 Å². The molecule has 5 nitrogen and oxygen atoms in total. The molecule has 0 saturated carbocycles. The zero-order valence-corrected chi connectivity index (χ0v) is 12.9. The van der Waals surface area contributed by atoms with Crippen molar-refractivity contribution in [2.24, 2.45) is 5.92 Å². The van der Waals surface area contributed by atoms with Crippen molar-refractivity contribution in [1.82, 2.24) is 4.90 Å². The van der Waals surface area contributed by atoms with Crippen molar-refractivity contribution in [3.63, 3.8) is 0 Å². The van der Waals surface area contributed by atoms with E-state index in [0.29, 0.717) is 18.0 Å². The second kappa shape index (κ2) is 6.91. The Morgan fingerprint density at radius 1 is 1.52 bits per heavy atom. The van der Waals surface area contributed by atoms with Gasteiger partial charge in [-0.3, -0.25) is 9.69 Å². The molecule has 5 heteroatoms. The topological polar surface area (TPSA) is 61.8 Å². The van der Waals surface area contributed by atoms with E-state index in [9.17, 15) is 9.90 Å². The molecule has 0 bridgehead atoms. The average molecular weight is 292 g/mol. The Hall–Kier alpha value is -1.59. The number of carbonyl (C=O) groups excluding carboxylic acids is 1. The predicted molar refractivity (Wildman–Crippen MR) is 82.6 cm³/mol. The third-order valence-electron chi connectivity index (χ3n) is 3.94. The first-order chi connectivity index (χ1) is 9.99. The van der Waals surface area contributed by atoms with Gasteiger partial charge in [0.2, 0.25) is 5.91 Å². The van der Waals surface area contributed by atoms with Crippen molar-refractivity contribution >= 4 is 11.6 Å². The summed E-state index contributed by atoms with van der Waals surface area (Å²) in [6, 6.07) is 5.70. The number of carbonyl (C=O) groups is 1. The Labute approximate surface area is 125 Å². The van der Waals surface area contributed by atoms with Crippen LogP contribution in [0, 0.1) is 12.8 Å².